The minimum atomic E-state index is -0.448. The Morgan fingerprint density at radius 3 is 2.56 bits per heavy atom. The summed E-state index contributed by atoms with van der Waals surface area (Å²) in [5.74, 6) is 0. The van der Waals surface area contributed by atoms with Crippen LogP contribution in [-0.2, 0) is 0 Å². The number of aromatic nitrogens is 4. The number of hydrogen-bond acceptors (Lipinski definition) is 4. The summed E-state index contributed by atoms with van der Waals surface area (Å²) < 4.78 is 1.24. The Morgan fingerprint density at radius 2 is 2.00 bits per heavy atom. The lowest BCUT2D eigenvalue weighted by Crippen LogP contribution is -2.18. The standard InChI is InChI=1S/C8H5Cl2N5O/c9-6-5(7(10)13-3-12-6)14-8(16)15-2-1-11-4-15/h1-4H,(H,14,16). The number of nitrogens with one attached hydrogen (secondary N) is 1. The minimum absolute atomic E-state index is 0.0773. The lowest BCUT2D eigenvalue weighted by molar-refractivity contribution is 0.253. The molecule has 0 saturated carbocycles. The maximum atomic E-state index is 11.6. The molecule has 2 aromatic heterocycles. The van der Waals surface area contributed by atoms with Crippen molar-refractivity contribution < 1.29 is 4.79 Å². The van der Waals surface area contributed by atoms with Crippen molar-refractivity contribution in [1.82, 2.24) is 19.5 Å². The summed E-state index contributed by atoms with van der Waals surface area (Å²) in [6.45, 7) is 0. The second kappa shape index (κ2) is 4.46. The van der Waals surface area contributed by atoms with E-state index in [0.717, 1.165) is 0 Å². The second-order valence-corrected chi connectivity index (χ2v) is 3.45. The van der Waals surface area contributed by atoms with Gasteiger partial charge in [0.05, 0.1) is 0 Å². The molecule has 82 valence electrons. The van der Waals surface area contributed by atoms with Crippen molar-refractivity contribution in [3.63, 3.8) is 0 Å². The SMILES string of the molecule is O=C(Nc1c(Cl)ncnc1Cl)n1ccnc1. The Kier molecular flexibility index (Phi) is 3.02. The van der Waals surface area contributed by atoms with Crippen LogP contribution < -0.4 is 5.32 Å². The van der Waals surface area contributed by atoms with E-state index >= 15 is 0 Å². The normalized spacial score (nSPS) is 10.1. The van der Waals surface area contributed by atoms with Crippen LogP contribution in [0.15, 0.2) is 25.0 Å². The van der Waals surface area contributed by atoms with Gasteiger partial charge in [-0.3, -0.25) is 4.57 Å². The fourth-order valence-electron chi connectivity index (χ4n) is 0.998. The lowest BCUT2D eigenvalue weighted by Gasteiger charge is -2.07. The molecule has 0 fully saturated rings. The van der Waals surface area contributed by atoms with Gasteiger partial charge < -0.3 is 5.32 Å². The van der Waals surface area contributed by atoms with Crippen molar-refractivity contribution in [3.05, 3.63) is 35.4 Å². The van der Waals surface area contributed by atoms with Gasteiger partial charge in [0.1, 0.15) is 18.3 Å². The number of anilines is 1. The maximum absolute atomic E-state index is 11.6. The Hall–Kier alpha value is -1.66. The van der Waals surface area contributed by atoms with Crippen molar-refractivity contribution in [3.8, 4) is 0 Å². The smallest absolute Gasteiger partial charge is 0.302 e. The highest BCUT2D eigenvalue weighted by atomic mass is 35.5. The van der Waals surface area contributed by atoms with E-state index in [-0.39, 0.29) is 16.0 Å². The van der Waals surface area contributed by atoms with E-state index in [9.17, 15) is 4.79 Å². The van der Waals surface area contributed by atoms with Crippen LogP contribution in [0.2, 0.25) is 10.3 Å². The van der Waals surface area contributed by atoms with E-state index in [0.29, 0.717) is 0 Å². The number of halogens is 2. The molecule has 0 aliphatic heterocycles. The number of hydrogen-bond donors (Lipinski definition) is 1. The molecule has 0 spiro atoms. The van der Waals surface area contributed by atoms with Crippen LogP contribution in [0.5, 0.6) is 0 Å². The first kappa shape index (κ1) is 10.8. The summed E-state index contributed by atoms with van der Waals surface area (Å²) >= 11 is 11.5. The summed E-state index contributed by atoms with van der Waals surface area (Å²) in [6.07, 6.45) is 5.52. The molecule has 0 saturated heterocycles. The van der Waals surface area contributed by atoms with Gasteiger partial charge in [-0.25, -0.2) is 19.7 Å². The predicted molar refractivity (Wildman–Crippen MR) is 58.7 cm³/mol. The van der Waals surface area contributed by atoms with Gasteiger partial charge in [0.2, 0.25) is 0 Å². The highest BCUT2D eigenvalue weighted by Crippen LogP contribution is 2.25. The van der Waals surface area contributed by atoms with Crippen molar-refractivity contribution in [1.29, 1.82) is 0 Å². The van der Waals surface area contributed by atoms with Crippen LogP contribution in [0.4, 0.5) is 10.5 Å². The Labute approximate surface area is 100 Å². The molecule has 16 heavy (non-hydrogen) atoms. The van der Waals surface area contributed by atoms with Crippen molar-refractivity contribution in [2.45, 2.75) is 0 Å². The molecule has 1 amide bonds. The van der Waals surface area contributed by atoms with Crippen LogP contribution in [-0.4, -0.2) is 25.6 Å². The van der Waals surface area contributed by atoms with E-state index in [4.69, 9.17) is 23.2 Å². The maximum Gasteiger partial charge on any atom is 0.331 e. The molecular weight excluding hydrogens is 253 g/mol. The summed E-state index contributed by atoms with van der Waals surface area (Å²) in [4.78, 5) is 22.8. The molecule has 0 atom stereocenters. The third-order valence-corrected chi connectivity index (χ3v) is 2.30. The first-order valence-corrected chi connectivity index (χ1v) is 4.89. The zero-order valence-corrected chi connectivity index (χ0v) is 9.27. The minimum Gasteiger partial charge on any atom is -0.302 e. The number of carbonyl (C=O) groups excluding carboxylic acids is 1. The summed E-state index contributed by atoms with van der Waals surface area (Å²) in [6, 6.07) is -0.448. The van der Waals surface area contributed by atoms with Crippen LogP contribution >= 0.6 is 23.2 Å². The van der Waals surface area contributed by atoms with Crippen molar-refractivity contribution >= 4 is 34.9 Å². The monoisotopic (exact) mass is 257 g/mol. The highest BCUT2D eigenvalue weighted by molar-refractivity contribution is 6.38. The predicted octanol–water partition coefficient (Wildman–Crippen LogP) is 2.06. The fraction of sp³-hybridized carbons (Fsp3) is 0. The molecule has 6 nitrogen and oxygen atoms in total. The molecule has 0 aromatic carbocycles. The van der Waals surface area contributed by atoms with E-state index in [1.54, 1.807) is 0 Å². The number of nitrogens with zero attached hydrogens (tertiary/aromatic N) is 4. The van der Waals surface area contributed by atoms with Gasteiger partial charge in [0.15, 0.2) is 10.3 Å². The summed E-state index contributed by atoms with van der Waals surface area (Å²) in [7, 11) is 0. The summed E-state index contributed by atoms with van der Waals surface area (Å²) in [5.41, 5.74) is 0.171. The molecule has 0 radical (unpaired) electrons. The van der Waals surface area contributed by atoms with Crippen LogP contribution in [0.3, 0.4) is 0 Å². The van der Waals surface area contributed by atoms with E-state index < -0.39 is 6.03 Å². The molecule has 0 aliphatic carbocycles. The van der Waals surface area contributed by atoms with Crippen LogP contribution in [0, 0.1) is 0 Å². The Morgan fingerprint density at radius 1 is 1.31 bits per heavy atom. The topological polar surface area (TPSA) is 72.7 Å². The molecule has 2 heterocycles. The van der Waals surface area contributed by atoms with Gasteiger partial charge in [0.25, 0.3) is 0 Å². The largest absolute Gasteiger partial charge is 0.331 e. The van der Waals surface area contributed by atoms with Gasteiger partial charge in [-0.15, -0.1) is 0 Å². The molecule has 0 bridgehead atoms. The molecular formula is C8H5Cl2N5O. The Bertz CT molecular complexity index is 493. The van der Waals surface area contributed by atoms with Gasteiger partial charge >= 0.3 is 6.03 Å². The molecule has 0 unspecified atom stereocenters. The fourth-order valence-corrected chi connectivity index (χ4v) is 1.41. The van der Waals surface area contributed by atoms with Gasteiger partial charge in [-0.2, -0.15) is 0 Å². The van der Waals surface area contributed by atoms with E-state index in [1.807, 2.05) is 0 Å². The number of carbonyl (C=O) groups is 1. The van der Waals surface area contributed by atoms with Gasteiger partial charge in [-0.1, -0.05) is 23.2 Å². The van der Waals surface area contributed by atoms with Crippen LogP contribution in [0.1, 0.15) is 0 Å². The van der Waals surface area contributed by atoms with Crippen LogP contribution in [0.25, 0.3) is 0 Å². The first-order chi connectivity index (χ1) is 7.68. The molecule has 8 heteroatoms. The lowest BCUT2D eigenvalue weighted by atomic mass is 10.5. The average Bonchev–Trinajstić information content (AvgIpc) is 2.76. The zero-order valence-electron chi connectivity index (χ0n) is 7.76. The highest BCUT2D eigenvalue weighted by Gasteiger charge is 2.12. The quantitative estimate of drug-likeness (QED) is 0.794. The van der Waals surface area contributed by atoms with E-state index in [1.165, 1.54) is 29.6 Å². The van der Waals surface area contributed by atoms with Gasteiger partial charge in [0, 0.05) is 12.4 Å². The molecule has 0 aliphatic rings. The third kappa shape index (κ3) is 2.12. The third-order valence-electron chi connectivity index (χ3n) is 1.73. The van der Waals surface area contributed by atoms with Gasteiger partial charge in [-0.05, 0) is 0 Å². The number of amides is 1. The average molecular weight is 258 g/mol. The van der Waals surface area contributed by atoms with Crippen molar-refractivity contribution in [2.24, 2.45) is 0 Å². The second-order valence-electron chi connectivity index (χ2n) is 2.73. The van der Waals surface area contributed by atoms with E-state index in [2.05, 4.69) is 20.3 Å². The zero-order chi connectivity index (χ0) is 11.5. The molecule has 1 N–H and O–H groups in total. The number of imidazole rings is 1. The molecule has 2 aromatic rings. The Balaban J connectivity index is 2.25. The summed E-state index contributed by atoms with van der Waals surface area (Å²) in [5, 5.41) is 2.63. The molecule has 2 rings (SSSR count). The first-order valence-electron chi connectivity index (χ1n) is 4.14. The number of rotatable bonds is 1. The van der Waals surface area contributed by atoms with Crippen molar-refractivity contribution in [2.75, 3.05) is 5.32 Å².